The van der Waals surface area contributed by atoms with Crippen LogP contribution in [0.1, 0.15) is 11.6 Å². The predicted molar refractivity (Wildman–Crippen MR) is 68.4 cm³/mol. The summed E-state index contributed by atoms with van der Waals surface area (Å²) < 4.78 is 30.9. The number of hydrogen-bond acceptors (Lipinski definition) is 5. The van der Waals surface area contributed by atoms with E-state index in [-0.39, 0.29) is 0 Å². The van der Waals surface area contributed by atoms with Crippen molar-refractivity contribution in [1.82, 2.24) is 5.32 Å². The third-order valence-electron chi connectivity index (χ3n) is 3.63. The molecule has 8 heteroatoms. The van der Waals surface area contributed by atoms with E-state index in [9.17, 15) is 23.7 Å². The summed E-state index contributed by atoms with van der Waals surface area (Å²) in [7, 11) is 1.06. The smallest absolute Gasteiger partial charge is 0.323 e. The third-order valence-corrected chi connectivity index (χ3v) is 3.63. The molecule has 114 valence electrons. The van der Waals surface area contributed by atoms with Crippen molar-refractivity contribution in [3.8, 4) is 0 Å². The minimum Gasteiger partial charge on any atom is -0.468 e. The van der Waals surface area contributed by atoms with Crippen molar-refractivity contribution in [2.45, 2.75) is 24.6 Å². The number of hydrogen-bond donors (Lipinski definition) is 1. The van der Waals surface area contributed by atoms with Crippen molar-refractivity contribution >= 4 is 5.97 Å². The highest BCUT2D eigenvalue weighted by Crippen LogP contribution is 2.37. The fraction of sp³-hybridized carbons (Fsp3) is 0.462. The van der Waals surface area contributed by atoms with Crippen LogP contribution >= 0.6 is 0 Å². The molecule has 2 rings (SSSR count). The summed E-state index contributed by atoms with van der Waals surface area (Å²) in [6.07, 6.45) is -3.01. The number of alkyl halides is 2. The second-order valence-electron chi connectivity index (χ2n) is 4.74. The lowest BCUT2D eigenvalue weighted by Crippen LogP contribution is -2.42. The zero-order valence-electron chi connectivity index (χ0n) is 11.1. The van der Waals surface area contributed by atoms with Gasteiger partial charge >= 0.3 is 5.97 Å². The van der Waals surface area contributed by atoms with Crippen molar-refractivity contribution in [1.29, 1.82) is 0 Å². The Morgan fingerprint density at radius 3 is 2.48 bits per heavy atom. The molecule has 0 unspecified atom stereocenters. The van der Waals surface area contributed by atoms with Gasteiger partial charge in [-0.3, -0.25) is 20.2 Å². The number of carbonyl (C=O) groups is 1. The van der Waals surface area contributed by atoms with E-state index >= 15 is 0 Å². The molecule has 6 nitrogen and oxygen atoms in total. The van der Waals surface area contributed by atoms with E-state index in [2.05, 4.69) is 10.1 Å². The Hall–Kier alpha value is -2.09. The molecule has 0 bridgehead atoms. The summed E-state index contributed by atoms with van der Waals surface area (Å²) in [5, 5.41) is 13.9. The highest BCUT2D eigenvalue weighted by molar-refractivity contribution is 5.77. The number of esters is 1. The van der Waals surface area contributed by atoms with Gasteiger partial charge in [-0.05, 0) is 5.56 Å². The second-order valence-corrected chi connectivity index (χ2v) is 4.74. The van der Waals surface area contributed by atoms with Gasteiger partial charge in [-0.1, -0.05) is 30.3 Å². The fourth-order valence-electron chi connectivity index (χ4n) is 2.69. The summed E-state index contributed by atoms with van der Waals surface area (Å²) in [5.74, 6) is -2.66. The molecule has 1 aliphatic heterocycles. The number of nitrogens with zero attached hydrogens (tertiary/aromatic N) is 1. The van der Waals surface area contributed by atoms with Crippen LogP contribution in [-0.2, 0) is 9.53 Å². The van der Waals surface area contributed by atoms with E-state index < -0.39 is 41.4 Å². The van der Waals surface area contributed by atoms with Crippen LogP contribution in [0.15, 0.2) is 30.3 Å². The molecule has 1 aromatic rings. The van der Waals surface area contributed by atoms with Crippen molar-refractivity contribution < 1.29 is 23.2 Å². The first-order valence-electron chi connectivity index (χ1n) is 6.27. The van der Waals surface area contributed by atoms with Crippen molar-refractivity contribution in [3.63, 3.8) is 0 Å². The predicted octanol–water partition coefficient (Wildman–Crippen LogP) is 1.40. The molecule has 0 amide bonds. The van der Waals surface area contributed by atoms with Gasteiger partial charge in [-0.25, -0.2) is 8.78 Å². The molecule has 1 heterocycles. The Kier molecular flexibility index (Phi) is 4.46. The molecular formula is C13H14F2N2O4. The number of benzene rings is 1. The molecule has 1 fully saturated rings. The maximum absolute atomic E-state index is 13.2. The largest absolute Gasteiger partial charge is 0.468 e. The lowest BCUT2D eigenvalue weighted by Gasteiger charge is -2.17. The zero-order chi connectivity index (χ0) is 15.6. The molecule has 21 heavy (non-hydrogen) atoms. The average molecular weight is 300 g/mol. The first-order valence-corrected chi connectivity index (χ1v) is 6.27. The van der Waals surface area contributed by atoms with E-state index in [0.29, 0.717) is 5.56 Å². The van der Waals surface area contributed by atoms with Gasteiger partial charge in [0.05, 0.1) is 7.11 Å². The SMILES string of the molecule is COC(=O)[C@@H]1N[C@H](c2ccccc2)[C@@H]([N+](=O)[O-])[C@@H]1C(F)F. The van der Waals surface area contributed by atoms with Gasteiger partial charge < -0.3 is 4.74 Å². The lowest BCUT2D eigenvalue weighted by molar-refractivity contribution is -0.535. The molecule has 0 radical (unpaired) electrons. The number of carbonyl (C=O) groups excluding carboxylic acids is 1. The number of nitro groups is 1. The minimum atomic E-state index is -3.01. The van der Waals surface area contributed by atoms with E-state index in [1.165, 1.54) is 0 Å². The third kappa shape index (κ3) is 2.85. The van der Waals surface area contributed by atoms with Crippen LogP contribution in [0.2, 0.25) is 0 Å². The summed E-state index contributed by atoms with van der Waals surface area (Å²) in [5.41, 5.74) is 0.483. The molecule has 0 saturated carbocycles. The van der Waals surface area contributed by atoms with Gasteiger partial charge in [0, 0.05) is 4.92 Å². The molecule has 1 aliphatic rings. The molecule has 1 aromatic carbocycles. The average Bonchev–Trinajstić information content (AvgIpc) is 2.88. The van der Waals surface area contributed by atoms with Crippen LogP contribution in [0.4, 0.5) is 8.78 Å². The van der Waals surface area contributed by atoms with Gasteiger partial charge in [-0.2, -0.15) is 0 Å². The van der Waals surface area contributed by atoms with E-state index in [4.69, 9.17) is 0 Å². The quantitative estimate of drug-likeness (QED) is 0.516. The Morgan fingerprint density at radius 2 is 2.00 bits per heavy atom. The maximum atomic E-state index is 13.2. The summed E-state index contributed by atoms with van der Waals surface area (Å²) in [6, 6.07) is 4.22. The van der Waals surface area contributed by atoms with E-state index in [1.807, 2.05) is 0 Å². The Balaban J connectivity index is 2.42. The highest BCUT2D eigenvalue weighted by atomic mass is 19.3. The number of halogens is 2. The molecule has 4 atom stereocenters. The van der Waals surface area contributed by atoms with Crippen LogP contribution in [0.3, 0.4) is 0 Å². The zero-order valence-corrected chi connectivity index (χ0v) is 11.1. The molecular weight excluding hydrogens is 286 g/mol. The van der Waals surface area contributed by atoms with Crippen LogP contribution < -0.4 is 5.32 Å². The number of rotatable bonds is 4. The monoisotopic (exact) mass is 300 g/mol. The second kappa shape index (κ2) is 6.13. The van der Waals surface area contributed by atoms with Gasteiger partial charge in [0.25, 0.3) is 0 Å². The maximum Gasteiger partial charge on any atom is 0.323 e. The standard InChI is InChI=1S/C13H14F2N2O4/c1-21-13(18)10-8(12(14)15)11(17(19)20)9(16-10)7-5-3-2-4-6-7/h2-6,8-12,16H,1H3/t8-,9-,10-,11+/m1/s1. The van der Waals surface area contributed by atoms with Gasteiger partial charge in [0.15, 0.2) is 0 Å². The summed E-state index contributed by atoms with van der Waals surface area (Å²) in [6.45, 7) is 0. The number of ether oxygens (including phenoxy) is 1. The normalized spacial score (nSPS) is 28.6. The van der Waals surface area contributed by atoms with Crippen LogP contribution in [-0.4, -0.2) is 36.5 Å². The molecule has 0 aromatic heterocycles. The highest BCUT2D eigenvalue weighted by Gasteiger charge is 2.58. The number of nitrogens with one attached hydrogen (secondary N) is 1. The van der Waals surface area contributed by atoms with Crippen molar-refractivity contribution in [2.75, 3.05) is 7.11 Å². The van der Waals surface area contributed by atoms with Gasteiger partial charge in [0.2, 0.25) is 12.5 Å². The first kappa shape index (κ1) is 15.3. The summed E-state index contributed by atoms with van der Waals surface area (Å²) >= 11 is 0. The first-order chi connectivity index (χ1) is 9.97. The van der Waals surface area contributed by atoms with E-state index in [0.717, 1.165) is 7.11 Å². The van der Waals surface area contributed by atoms with Gasteiger partial charge in [-0.15, -0.1) is 0 Å². The molecule has 1 saturated heterocycles. The lowest BCUT2D eigenvalue weighted by atomic mass is 9.91. The minimum absolute atomic E-state index is 0.483. The summed E-state index contributed by atoms with van der Waals surface area (Å²) in [4.78, 5) is 22.1. The number of methoxy groups -OCH3 is 1. The van der Waals surface area contributed by atoms with E-state index in [1.54, 1.807) is 30.3 Å². The topological polar surface area (TPSA) is 81.5 Å². The van der Waals surface area contributed by atoms with Gasteiger partial charge in [0.1, 0.15) is 18.0 Å². The fourth-order valence-corrected chi connectivity index (χ4v) is 2.69. The molecule has 0 aliphatic carbocycles. The van der Waals surface area contributed by atoms with Crippen LogP contribution in [0, 0.1) is 16.0 Å². The molecule has 0 spiro atoms. The Morgan fingerprint density at radius 1 is 1.38 bits per heavy atom. The Bertz CT molecular complexity index is 526. The van der Waals surface area contributed by atoms with Crippen LogP contribution in [0.5, 0.6) is 0 Å². The van der Waals surface area contributed by atoms with Crippen LogP contribution in [0.25, 0.3) is 0 Å². The van der Waals surface area contributed by atoms with Crippen molar-refractivity contribution in [3.05, 3.63) is 46.0 Å². The Labute approximate surface area is 119 Å². The van der Waals surface area contributed by atoms with Crippen molar-refractivity contribution in [2.24, 2.45) is 5.92 Å². The molecule has 1 N–H and O–H groups in total.